The lowest BCUT2D eigenvalue weighted by Crippen LogP contribution is -2.42. The van der Waals surface area contributed by atoms with E-state index in [0.29, 0.717) is 22.6 Å². The summed E-state index contributed by atoms with van der Waals surface area (Å²) >= 11 is 0. The maximum atomic E-state index is 13.1. The Morgan fingerprint density at radius 3 is 2.57 bits per heavy atom. The molecule has 1 aromatic heterocycles. The summed E-state index contributed by atoms with van der Waals surface area (Å²) in [5.74, 6) is 0.291. The predicted molar refractivity (Wildman–Crippen MR) is 128 cm³/mol. The molecule has 0 radical (unpaired) electrons. The number of hydrogen-bond acceptors (Lipinski definition) is 7. The first-order valence-corrected chi connectivity index (χ1v) is 11.0. The highest BCUT2D eigenvalue weighted by molar-refractivity contribution is 5.98. The van der Waals surface area contributed by atoms with Gasteiger partial charge in [-0.3, -0.25) is 19.4 Å². The zero-order chi connectivity index (χ0) is 24.6. The van der Waals surface area contributed by atoms with Crippen LogP contribution in [-0.4, -0.2) is 47.0 Å². The summed E-state index contributed by atoms with van der Waals surface area (Å²) in [5.41, 5.74) is 2.65. The molecule has 0 aliphatic carbocycles. The van der Waals surface area contributed by atoms with E-state index in [-0.39, 0.29) is 31.2 Å². The molecule has 1 aliphatic heterocycles. The van der Waals surface area contributed by atoms with Gasteiger partial charge in [0.1, 0.15) is 6.61 Å². The Hall–Kier alpha value is -4.30. The van der Waals surface area contributed by atoms with Crippen molar-refractivity contribution in [3.05, 3.63) is 95.3 Å². The largest absolute Gasteiger partial charge is 0.454 e. The molecule has 1 aliphatic rings. The van der Waals surface area contributed by atoms with Crippen LogP contribution in [0, 0.1) is 0 Å². The molecule has 0 fully saturated rings. The van der Waals surface area contributed by atoms with E-state index < -0.39 is 18.6 Å². The number of hydrogen-bond donors (Lipinski definition) is 2. The van der Waals surface area contributed by atoms with Crippen molar-refractivity contribution in [1.29, 1.82) is 0 Å². The van der Waals surface area contributed by atoms with Crippen LogP contribution < -0.4 is 14.8 Å². The van der Waals surface area contributed by atoms with Crippen LogP contribution in [0.2, 0.25) is 0 Å². The lowest BCUT2D eigenvalue weighted by Gasteiger charge is -2.17. The quantitative estimate of drug-likeness (QED) is 0.344. The minimum atomic E-state index is -0.771. The summed E-state index contributed by atoms with van der Waals surface area (Å²) in [7, 11) is 0. The van der Waals surface area contributed by atoms with Gasteiger partial charge in [0, 0.05) is 36.9 Å². The first-order chi connectivity index (χ1) is 17.0. The first-order valence-electron chi connectivity index (χ1n) is 11.0. The van der Waals surface area contributed by atoms with Crippen molar-refractivity contribution in [1.82, 2.24) is 10.3 Å². The van der Waals surface area contributed by atoms with E-state index in [4.69, 9.17) is 14.6 Å². The summed E-state index contributed by atoms with van der Waals surface area (Å²) in [6.45, 7) is -0.404. The third-order valence-corrected chi connectivity index (χ3v) is 5.49. The Bertz CT molecular complexity index is 1240. The van der Waals surface area contributed by atoms with Gasteiger partial charge in [-0.2, -0.15) is 0 Å². The summed E-state index contributed by atoms with van der Waals surface area (Å²) in [6, 6.07) is 14.7. The van der Waals surface area contributed by atoms with Crippen molar-refractivity contribution in [2.75, 3.05) is 13.4 Å². The molecule has 1 amide bonds. The number of benzene rings is 2. The molecule has 0 saturated carbocycles. The van der Waals surface area contributed by atoms with E-state index in [1.807, 2.05) is 6.07 Å². The maximum absolute atomic E-state index is 13.1. The summed E-state index contributed by atoms with van der Waals surface area (Å²) in [6.07, 6.45) is 6.67. The highest BCUT2D eigenvalue weighted by atomic mass is 16.7. The van der Waals surface area contributed by atoms with E-state index >= 15 is 0 Å². The van der Waals surface area contributed by atoms with Crippen LogP contribution in [0.4, 0.5) is 0 Å². The molecule has 3 aromatic rings. The van der Waals surface area contributed by atoms with Crippen molar-refractivity contribution in [3.63, 3.8) is 0 Å². The fourth-order valence-corrected chi connectivity index (χ4v) is 3.63. The van der Waals surface area contributed by atoms with Crippen molar-refractivity contribution in [2.24, 2.45) is 0 Å². The number of fused-ring (bicyclic) bond motifs is 1. The number of Topliss-reactive ketones (excluding diaryl/α,β-unsaturated/α-hetero) is 2. The number of pyridine rings is 1. The monoisotopic (exact) mass is 472 g/mol. The normalized spacial score (nSPS) is 12.9. The molecule has 0 spiro atoms. The van der Waals surface area contributed by atoms with Gasteiger partial charge in [-0.15, -0.1) is 0 Å². The van der Waals surface area contributed by atoms with E-state index in [1.54, 1.807) is 67.0 Å². The third kappa shape index (κ3) is 6.39. The van der Waals surface area contributed by atoms with Crippen LogP contribution in [-0.2, 0) is 22.4 Å². The second kappa shape index (κ2) is 11.2. The molecule has 35 heavy (non-hydrogen) atoms. The molecular weight excluding hydrogens is 448 g/mol. The van der Waals surface area contributed by atoms with Crippen molar-refractivity contribution >= 4 is 23.5 Å². The van der Waals surface area contributed by atoms with Gasteiger partial charge in [0.2, 0.25) is 12.7 Å². The van der Waals surface area contributed by atoms with Crippen molar-refractivity contribution < 1.29 is 29.0 Å². The van der Waals surface area contributed by atoms with Crippen LogP contribution in [0.1, 0.15) is 27.0 Å². The topological polar surface area (TPSA) is 115 Å². The average Bonchev–Trinajstić information content (AvgIpc) is 3.35. The van der Waals surface area contributed by atoms with Gasteiger partial charge >= 0.3 is 0 Å². The fourth-order valence-electron chi connectivity index (χ4n) is 3.63. The van der Waals surface area contributed by atoms with Crippen LogP contribution in [0.5, 0.6) is 11.5 Å². The number of nitrogens with zero attached hydrogens (tertiary/aromatic N) is 1. The van der Waals surface area contributed by atoms with E-state index in [9.17, 15) is 14.4 Å². The minimum absolute atomic E-state index is 0.0741. The van der Waals surface area contributed by atoms with Gasteiger partial charge < -0.3 is 19.9 Å². The third-order valence-electron chi connectivity index (χ3n) is 5.49. The lowest BCUT2D eigenvalue weighted by atomic mass is 9.97. The molecule has 2 heterocycles. The Morgan fingerprint density at radius 2 is 1.83 bits per heavy atom. The zero-order valence-corrected chi connectivity index (χ0v) is 18.8. The number of aliphatic hydroxyl groups is 1. The SMILES string of the molecule is O=C(/C=C/c1ccc2c(c1)OCO2)N[C@@H](Cc1cccnc1)C(=O)Cc1ccc(C(=O)CO)cc1. The van der Waals surface area contributed by atoms with Gasteiger partial charge in [0.15, 0.2) is 23.1 Å². The van der Waals surface area contributed by atoms with Crippen LogP contribution >= 0.6 is 0 Å². The van der Waals surface area contributed by atoms with E-state index in [1.165, 1.54) is 6.08 Å². The smallest absolute Gasteiger partial charge is 0.244 e. The minimum Gasteiger partial charge on any atom is -0.454 e. The highest BCUT2D eigenvalue weighted by Gasteiger charge is 2.21. The number of rotatable bonds is 10. The van der Waals surface area contributed by atoms with E-state index in [2.05, 4.69) is 10.3 Å². The Morgan fingerprint density at radius 1 is 1.03 bits per heavy atom. The van der Waals surface area contributed by atoms with Gasteiger partial charge in [-0.05, 0) is 41.0 Å². The molecule has 2 aromatic carbocycles. The summed E-state index contributed by atoms with van der Waals surface area (Å²) in [4.78, 5) is 41.5. The molecule has 0 unspecified atom stereocenters. The van der Waals surface area contributed by atoms with Gasteiger partial charge in [-0.1, -0.05) is 36.4 Å². The molecule has 2 N–H and O–H groups in total. The zero-order valence-electron chi connectivity index (χ0n) is 18.8. The molecule has 8 nitrogen and oxygen atoms in total. The Balaban J connectivity index is 1.45. The number of nitrogens with one attached hydrogen (secondary N) is 1. The second-order valence-electron chi connectivity index (χ2n) is 7.99. The van der Waals surface area contributed by atoms with Gasteiger partial charge in [-0.25, -0.2) is 0 Å². The Kier molecular flexibility index (Phi) is 7.64. The van der Waals surface area contributed by atoms with Crippen LogP contribution in [0.25, 0.3) is 6.08 Å². The molecule has 0 saturated heterocycles. The van der Waals surface area contributed by atoms with Crippen molar-refractivity contribution in [2.45, 2.75) is 18.9 Å². The second-order valence-corrected chi connectivity index (χ2v) is 7.99. The van der Waals surface area contributed by atoms with Gasteiger partial charge in [0.05, 0.1) is 6.04 Å². The molecule has 1 atom stereocenters. The molecule has 0 bridgehead atoms. The van der Waals surface area contributed by atoms with Gasteiger partial charge in [0.25, 0.3) is 0 Å². The van der Waals surface area contributed by atoms with Crippen LogP contribution in [0.3, 0.4) is 0 Å². The number of carbonyl (C=O) groups is 3. The van der Waals surface area contributed by atoms with Crippen molar-refractivity contribution in [3.8, 4) is 11.5 Å². The fraction of sp³-hybridized carbons (Fsp3) is 0.185. The maximum Gasteiger partial charge on any atom is 0.244 e. The van der Waals surface area contributed by atoms with E-state index in [0.717, 1.165) is 11.1 Å². The average molecular weight is 472 g/mol. The number of ether oxygens (including phenoxy) is 2. The lowest BCUT2D eigenvalue weighted by molar-refractivity contribution is -0.125. The summed E-state index contributed by atoms with van der Waals surface area (Å²) in [5, 5.41) is 11.8. The molecule has 4 rings (SSSR count). The summed E-state index contributed by atoms with van der Waals surface area (Å²) < 4.78 is 10.6. The van der Waals surface area contributed by atoms with Crippen LogP contribution in [0.15, 0.2) is 73.1 Å². The number of amides is 1. The molecule has 178 valence electrons. The first kappa shape index (κ1) is 23.8. The standard InChI is InChI=1S/C27H24N2O6/c30-16-24(32)21-7-3-18(4-8-21)13-23(31)22(12-20-2-1-11-28-15-20)29-27(33)10-6-19-5-9-25-26(14-19)35-17-34-25/h1-11,14-15,22,30H,12-13,16-17H2,(H,29,33)/b10-6+/t22-/m0/s1. The molecular formula is C27H24N2O6. The number of carbonyl (C=O) groups excluding carboxylic acids is 3. The number of ketones is 2. The molecule has 8 heteroatoms. The number of aromatic nitrogens is 1. The number of aliphatic hydroxyl groups excluding tert-OH is 1. The Labute approximate surface area is 202 Å². The predicted octanol–water partition coefficient (Wildman–Crippen LogP) is 2.54. The highest BCUT2D eigenvalue weighted by Crippen LogP contribution is 2.32.